The van der Waals surface area contributed by atoms with Crippen LogP contribution in [0.25, 0.3) is 0 Å². The second kappa shape index (κ2) is 12.1. The topological polar surface area (TPSA) is 58.5 Å². The van der Waals surface area contributed by atoms with Crippen LogP contribution in [-0.4, -0.2) is 44.3 Å². The van der Waals surface area contributed by atoms with Gasteiger partial charge in [0.05, 0.1) is 10.7 Å². The fraction of sp³-hybridized carbons (Fsp3) is 0.789. The summed E-state index contributed by atoms with van der Waals surface area (Å²) in [5.41, 5.74) is 1.60. The lowest BCUT2D eigenvalue weighted by Crippen LogP contribution is -2.41. The maximum atomic E-state index is 5.28. The van der Waals surface area contributed by atoms with Crippen LogP contribution in [0.1, 0.15) is 55.1 Å². The number of ether oxygens (including phenoxy) is 1. The van der Waals surface area contributed by atoms with Crippen LogP contribution in [0.4, 0.5) is 0 Å². The van der Waals surface area contributed by atoms with Gasteiger partial charge in [0, 0.05) is 44.6 Å². The predicted molar refractivity (Wildman–Crippen MR) is 122 cm³/mol. The highest BCUT2D eigenvalue weighted by molar-refractivity contribution is 14.0. The smallest absolute Gasteiger partial charge is 0.191 e. The third kappa shape index (κ3) is 6.96. The molecule has 1 fully saturated rings. The first-order chi connectivity index (χ1) is 12.1. The number of nitrogens with one attached hydrogen (secondary N) is 2. The van der Waals surface area contributed by atoms with Crippen molar-refractivity contribution < 1.29 is 4.74 Å². The van der Waals surface area contributed by atoms with E-state index in [9.17, 15) is 0 Å². The molecule has 0 saturated heterocycles. The highest BCUT2D eigenvalue weighted by Gasteiger charge is 2.36. The number of rotatable bonds is 10. The van der Waals surface area contributed by atoms with Gasteiger partial charge in [0.25, 0.3) is 0 Å². The van der Waals surface area contributed by atoms with Crippen LogP contribution >= 0.6 is 35.3 Å². The molecule has 1 heterocycles. The molecule has 0 radical (unpaired) electrons. The molecule has 1 aliphatic carbocycles. The number of nitrogens with zero attached hydrogens (tertiary/aromatic N) is 2. The lowest BCUT2D eigenvalue weighted by atomic mass is 9.67. The van der Waals surface area contributed by atoms with Crippen molar-refractivity contribution in [1.29, 1.82) is 0 Å². The molecule has 1 aliphatic rings. The van der Waals surface area contributed by atoms with Crippen LogP contribution in [0.15, 0.2) is 4.99 Å². The zero-order valence-corrected chi connectivity index (χ0v) is 19.8. The SMILES string of the molecule is CCNC(=NCC1(CCOC)CCC1)NCCc1nc(CC)c(C)s1.I. The first-order valence-electron chi connectivity index (χ1n) is 9.58. The van der Waals surface area contributed by atoms with Gasteiger partial charge in [-0.15, -0.1) is 35.3 Å². The molecule has 5 nitrogen and oxygen atoms in total. The molecule has 0 amide bonds. The van der Waals surface area contributed by atoms with E-state index in [4.69, 9.17) is 14.7 Å². The number of aliphatic imine (C=N–C) groups is 1. The minimum Gasteiger partial charge on any atom is -0.385 e. The Kier molecular flexibility index (Phi) is 11.0. The summed E-state index contributed by atoms with van der Waals surface area (Å²) in [4.78, 5) is 10.9. The minimum absolute atomic E-state index is 0. The highest BCUT2D eigenvalue weighted by atomic mass is 127. The lowest BCUT2D eigenvalue weighted by Gasteiger charge is -2.40. The van der Waals surface area contributed by atoms with Gasteiger partial charge in [-0.3, -0.25) is 4.99 Å². The number of hydrogen-bond donors (Lipinski definition) is 2. The average Bonchev–Trinajstić information content (AvgIpc) is 2.93. The standard InChI is InChI=1S/C19H34N4OS.HI/c1-5-16-15(3)25-17(23-16)8-12-21-18(20-6-2)22-14-19(9-7-10-19)11-13-24-4;/h5-14H2,1-4H3,(H2,20,21,22);1H. The van der Waals surface area contributed by atoms with Crippen molar-refractivity contribution in [1.82, 2.24) is 15.6 Å². The first kappa shape index (κ1) is 23.6. The van der Waals surface area contributed by atoms with Crippen molar-refractivity contribution in [3.8, 4) is 0 Å². The number of aryl methyl sites for hydroxylation is 2. The van der Waals surface area contributed by atoms with Gasteiger partial charge in [-0.25, -0.2) is 4.98 Å². The predicted octanol–water partition coefficient (Wildman–Crippen LogP) is 3.94. The van der Waals surface area contributed by atoms with Gasteiger partial charge >= 0.3 is 0 Å². The molecule has 0 bridgehead atoms. The monoisotopic (exact) mass is 494 g/mol. The quantitative estimate of drug-likeness (QED) is 0.294. The molecule has 0 aliphatic heterocycles. The molecule has 7 heteroatoms. The van der Waals surface area contributed by atoms with Gasteiger partial charge < -0.3 is 15.4 Å². The Bertz CT molecular complexity index is 558. The van der Waals surface area contributed by atoms with Crippen molar-refractivity contribution in [3.63, 3.8) is 0 Å². The average molecular weight is 494 g/mol. The second-order valence-electron chi connectivity index (χ2n) is 6.93. The first-order valence-corrected chi connectivity index (χ1v) is 10.4. The second-order valence-corrected chi connectivity index (χ2v) is 8.22. The number of thiazole rings is 1. The summed E-state index contributed by atoms with van der Waals surface area (Å²) in [6, 6.07) is 0. The molecule has 150 valence electrons. The third-order valence-electron chi connectivity index (χ3n) is 5.07. The summed E-state index contributed by atoms with van der Waals surface area (Å²) < 4.78 is 5.28. The lowest BCUT2D eigenvalue weighted by molar-refractivity contribution is 0.0778. The van der Waals surface area contributed by atoms with Gasteiger partial charge in [-0.1, -0.05) is 13.3 Å². The summed E-state index contributed by atoms with van der Waals surface area (Å²) in [7, 11) is 1.78. The van der Waals surface area contributed by atoms with E-state index in [2.05, 4.69) is 31.4 Å². The van der Waals surface area contributed by atoms with Crippen LogP contribution in [0, 0.1) is 12.3 Å². The summed E-state index contributed by atoms with van der Waals surface area (Å²) >= 11 is 1.82. The molecular weight excluding hydrogens is 459 g/mol. The molecule has 26 heavy (non-hydrogen) atoms. The van der Waals surface area contributed by atoms with Crippen LogP contribution in [0.2, 0.25) is 0 Å². The van der Waals surface area contributed by atoms with Crippen LogP contribution in [0.3, 0.4) is 0 Å². The van der Waals surface area contributed by atoms with Crippen LogP contribution < -0.4 is 10.6 Å². The van der Waals surface area contributed by atoms with E-state index in [1.54, 1.807) is 7.11 Å². The molecule has 1 saturated carbocycles. The number of guanidine groups is 1. The Morgan fingerprint density at radius 1 is 1.31 bits per heavy atom. The van der Waals surface area contributed by atoms with Gasteiger partial charge in [-0.2, -0.15) is 0 Å². The maximum Gasteiger partial charge on any atom is 0.191 e. The van der Waals surface area contributed by atoms with Crippen LogP contribution in [0.5, 0.6) is 0 Å². The number of halogens is 1. The molecule has 0 unspecified atom stereocenters. The van der Waals surface area contributed by atoms with Gasteiger partial charge in [0.2, 0.25) is 0 Å². The molecule has 2 N–H and O–H groups in total. The molecule has 0 spiro atoms. The fourth-order valence-electron chi connectivity index (χ4n) is 3.28. The van der Waals surface area contributed by atoms with Crippen molar-refractivity contribution >= 4 is 41.3 Å². The van der Waals surface area contributed by atoms with Gasteiger partial charge in [0.1, 0.15) is 0 Å². The minimum atomic E-state index is 0. The normalized spacial score (nSPS) is 15.9. The molecule has 1 aromatic heterocycles. The number of methoxy groups -OCH3 is 1. The van der Waals surface area contributed by atoms with E-state index in [1.807, 2.05) is 11.3 Å². The Balaban J connectivity index is 0.00000338. The maximum absolute atomic E-state index is 5.28. The molecule has 0 atom stereocenters. The zero-order valence-electron chi connectivity index (χ0n) is 16.7. The van der Waals surface area contributed by atoms with E-state index in [-0.39, 0.29) is 24.0 Å². The fourth-order valence-corrected chi connectivity index (χ4v) is 4.30. The van der Waals surface area contributed by atoms with Crippen molar-refractivity contribution in [2.24, 2.45) is 10.4 Å². The van der Waals surface area contributed by atoms with E-state index in [1.165, 1.54) is 34.8 Å². The largest absolute Gasteiger partial charge is 0.385 e. The summed E-state index contributed by atoms with van der Waals surface area (Å²) in [5.74, 6) is 0.926. The zero-order chi connectivity index (χ0) is 18.1. The molecule has 0 aromatic carbocycles. The number of aromatic nitrogens is 1. The molecular formula is C19H35IN4OS. The van der Waals surface area contributed by atoms with Gasteiger partial charge in [-0.05, 0) is 44.9 Å². The summed E-state index contributed by atoms with van der Waals surface area (Å²) in [6.07, 6.45) is 6.96. The van der Waals surface area contributed by atoms with E-state index in [0.29, 0.717) is 5.41 Å². The Morgan fingerprint density at radius 3 is 2.62 bits per heavy atom. The Labute approximate surface area is 179 Å². The molecule has 2 rings (SSSR count). The van der Waals surface area contributed by atoms with Crippen LogP contribution in [-0.2, 0) is 17.6 Å². The van der Waals surface area contributed by atoms with Crippen molar-refractivity contribution in [3.05, 3.63) is 15.6 Å². The Hall–Kier alpha value is -0.410. The van der Waals surface area contributed by atoms with E-state index < -0.39 is 0 Å². The van der Waals surface area contributed by atoms with Gasteiger partial charge in [0.15, 0.2) is 5.96 Å². The van der Waals surface area contributed by atoms with Crippen molar-refractivity contribution in [2.45, 2.75) is 59.3 Å². The Morgan fingerprint density at radius 2 is 2.08 bits per heavy atom. The molecule has 1 aromatic rings. The number of hydrogen-bond acceptors (Lipinski definition) is 4. The third-order valence-corrected chi connectivity index (χ3v) is 6.14. The van der Waals surface area contributed by atoms with E-state index >= 15 is 0 Å². The van der Waals surface area contributed by atoms with E-state index in [0.717, 1.165) is 51.5 Å². The summed E-state index contributed by atoms with van der Waals surface area (Å²) in [5, 5.41) is 8.05. The highest BCUT2D eigenvalue weighted by Crippen LogP contribution is 2.44. The van der Waals surface area contributed by atoms with Crippen molar-refractivity contribution in [2.75, 3.05) is 33.4 Å². The summed E-state index contributed by atoms with van der Waals surface area (Å²) in [6.45, 7) is 9.92.